The second kappa shape index (κ2) is 7.27. The quantitative estimate of drug-likeness (QED) is 0.735. The third kappa shape index (κ3) is 3.36. The van der Waals surface area contributed by atoms with Crippen molar-refractivity contribution in [2.24, 2.45) is 5.92 Å². The van der Waals surface area contributed by atoms with Crippen LogP contribution in [0.15, 0.2) is 36.5 Å². The molecule has 0 bridgehead atoms. The first-order chi connectivity index (χ1) is 14.5. The third-order valence-electron chi connectivity index (χ3n) is 6.55. The van der Waals surface area contributed by atoms with E-state index >= 15 is 0 Å². The van der Waals surface area contributed by atoms with Gasteiger partial charge in [0.15, 0.2) is 0 Å². The predicted molar refractivity (Wildman–Crippen MR) is 112 cm³/mol. The maximum Gasteiger partial charge on any atom is 0.322 e. The van der Waals surface area contributed by atoms with Gasteiger partial charge in [-0.3, -0.25) is 19.9 Å². The van der Waals surface area contributed by atoms with Crippen LogP contribution in [-0.2, 0) is 9.59 Å². The first-order valence-corrected chi connectivity index (χ1v) is 10.6. The number of fused-ring (bicyclic) bond motifs is 1. The zero-order chi connectivity index (χ0) is 20.7. The molecule has 30 heavy (non-hydrogen) atoms. The number of urea groups is 1. The molecular formula is C22H25N5O3. The topological polar surface area (TPSA) is 94.6 Å². The molecule has 4 amide bonds. The predicted octanol–water partition coefficient (Wildman–Crippen LogP) is 1.65. The van der Waals surface area contributed by atoms with Gasteiger partial charge in [0.25, 0.3) is 5.91 Å². The Hall–Kier alpha value is -3.16. The molecule has 1 aromatic heterocycles. The van der Waals surface area contributed by atoms with E-state index in [0.29, 0.717) is 19.5 Å². The van der Waals surface area contributed by atoms with Gasteiger partial charge in [-0.15, -0.1) is 0 Å². The highest BCUT2D eigenvalue weighted by molar-refractivity contribution is 6.07. The lowest BCUT2D eigenvalue weighted by Crippen LogP contribution is -2.51. The monoisotopic (exact) mass is 407 g/mol. The summed E-state index contributed by atoms with van der Waals surface area (Å²) < 4.78 is 0. The Bertz CT molecular complexity index is 1010. The molecule has 2 aliphatic heterocycles. The molecule has 1 unspecified atom stereocenters. The first kappa shape index (κ1) is 18.8. The van der Waals surface area contributed by atoms with Crippen LogP contribution in [0.1, 0.15) is 25.7 Å². The van der Waals surface area contributed by atoms with E-state index in [0.717, 1.165) is 42.5 Å². The molecule has 2 saturated heterocycles. The van der Waals surface area contributed by atoms with Crippen LogP contribution in [0, 0.1) is 5.92 Å². The van der Waals surface area contributed by atoms with Crippen molar-refractivity contribution in [2.75, 3.05) is 31.1 Å². The SMILES string of the molecule is O=C1NC(=O)C(CCC(=O)N2CCN(c3cnc4ccccc4c3)CC2)(C2CC2)N1. The largest absolute Gasteiger partial charge is 0.367 e. The van der Waals surface area contributed by atoms with Crippen molar-refractivity contribution in [3.63, 3.8) is 0 Å². The molecule has 1 saturated carbocycles. The molecule has 2 aromatic rings. The molecule has 3 fully saturated rings. The van der Waals surface area contributed by atoms with Crippen molar-refractivity contribution in [1.29, 1.82) is 0 Å². The van der Waals surface area contributed by atoms with Gasteiger partial charge in [-0.2, -0.15) is 0 Å². The summed E-state index contributed by atoms with van der Waals surface area (Å²) in [5, 5.41) is 6.24. The van der Waals surface area contributed by atoms with Gasteiger partial charge < -0.3 is 15.1 Å². The molecule has 3 aliphatic rings. The van der Waals surface area contributed by atoms with E-state index in [1.165, 1.54) is 0 Å². The summed E-state index contributed by atoms with van der Waals surface area (Å²) in [4.78, 5) is 45.4. The standard InChI is InChI=1S/C22H25N5O3/c28-19(7-8-22(16-5-6-16)20(29)24-21(30)25-22)27-11-9-26(10-12-27)17-13-15-3-1-2-4-18(15)23-14-17/h1-4,13-14,16H,5-12H2,(H2,24,25,29,30). The Morgan fingerprint density at radius 2 is 1.90 bits per heavy atom. The number of para-hydroxylation sites is 1. The number of nitrogens with zero attached hydrogens (tertiary/aromatic N) is 3. The van der Waals surface area contributed by atoms with Gasteiger partial charge in [-0.25, -0.2) is 4.79 Å². The lowest BCUT2D eigenvalue weighted by Gasteiger charge is -2.36. The number of piperazine rings is 1. The van der Waals surface area contributed by atoms with E-state index in [-0.39, 0.29) is 24.2 Å². The number of hydrogen-bond donors (Lipinski definition) is 2. The van der Waals surface area contributed by atoms with Crippen LogP contribution >= 0.6 is 0 Å². The molecule has 1 atom stereocenters. The van der Waals surface area contributed by atoms with Crippen LogP contribution in [0.25, 0.3) is 10.9 Å². The average Bonchev–Trinajstić information content (AvgIpc) is 3.58. The van der Waals surface area contributed by atoms with Crippen LogP contribution < -0.4 is 15.5 Å². The minimum Gasteiger partial charge on any atom is -0.367 e. The van der Waals surface area contributed by atoms with E-state index in [1.807, 2.05) is 29.3 Å². The minimum atomic E-state index is -0.897. The summed E-state index contributed by atoms with van der Waals surface area (Å²) in [6.07, 6.45) is 4.35. The number of rotatable bonds is 5. The molecule has 0 radical (unpaired) electrons. The highest BCUT2D eigenvalue weighted by Crippen LogP contribution is 2.43. The average molecular weight is 407 g/mol. The van der Waals surface area contributed by atoms with E-state index in [4.69, 9.17) is 0 Å². The number of imide groups is 1. The van der Waals surface area contributed by atoms with Crippen molar-refractivity contribution >= 4 is 34.4 Å². The van der Waals surface area contributed by atoms with E-state index in [1.54, 1.807) is 0 Å². The van der Waals surface area contributed by atoms with Gasteiger partial charge in [0.05, 0.1) is 17.4 Å². The molecular weight excluding hydrogens is 382 g/mol. The summed E-state index contributed by atoms with van der Waals surface area (Å²) in [6.45, 7) is 2.77. The van der Waals surface area contributed by atoms with Gasteiger partial charge >= 0.3 is 6.03 Å². The van der Waals surface area contributed by atoms with Crippen LogP contribution in [0.3, 0.4) is 0 Å². The Labute approximate surface area is 174 Å². The Balaban J connectivity index is 1.18. The Kier molecular flexibility index (Phi) is 4.56. The summed E-state index contributed by atoms with van der Waals surface area (Å²) in [6, 6.07) is 9.73. The zero-order valence-corrected chi connectivity index (χ0v) is 16.8. The maximum atomic E-state index is 12.8. The fraction of sp³-hybridized carbons (Fsp3) is 0.455. The van der Waals surface area contributed by atoms with Gasteiger partial charge in [0.1, 0.15) is 5.54 Å². The van der Waals surface area contributed by atoms with Gasteiger partial charge in [-0.05, 0) is 37.3 Å². The smallest absolute Gasteiger partial charge is 0.322 e. The lowest BCUT2D eigenvalue weighted by molar-refractivity contribution is -0.132. The number of amides is 4. The molecule has 0 spiro atoms. The lowest BCUT2D eigenvalue weighted by atomic mass is 9.87. The second-order valence-electron chi connectivity index (χ2n) is 8.41. The van der Waals surface area contributed by atoms with Crippen molar-refractivity contribution in [3.8, 4) is 0 Å². The van der Waals surface area contributed by atoms with Gasteiger partial charge in [0, 0.05) is 38.0 Å². The fourth-order valence-electron chi connectivity index (χ4n) is 4.66. The molecule has 8 heteroatoms. The molecule has 1 aromatic carbocycles. The van der Waals surface area contributed by atoms with Crippen LogP contribution in [0.4, 0.5) is 10.5 Å². The van der Waals surface area contributed by atoms with Crippen molar-refractivity contribution in [3.05, 3.63) is 36.5 Å². The van der Waals surface area contributed by atoms with Crippen LogP contribution in [0.2, 0.25) is 0 Å². The Morgan fingerprint density at radius 3 is 2.60 bits per heavy atom. The Morgan fingerprint density at radius 1 is 1.13 bits per heavy atom. The van der Waals surface area contributed by atoms with Gasteiger partial charge in [-0.1, -0.05) is 18.2 Å². The zero-order valence-electron chi connectivity index (χ0n) is 16.8. The number of nitrogens with one attached hydrogen (secondary N) is 2. The third-order valence-corrected chi connectivity index (χ3v) is 6.55. The number of carbonyl (C=O) groups excluding carboxylic acids is 3. The number of aromatic nitrogens is 1. The van der Waals surface area contributed by atoms with Crippen molar-refractivity contribution < 1.29 is 14.4 Å². The highest BCUT2D eigenvalue weighted by atomic mass is 16.2. The fourth-order valence-corrected chi connectivity index (χ4v) is 4.66. The first-order valence-electron chi connectivity index (χ1n) is 10.6. The summed E-state index contributed by atoms with van der Waals surface area (Å²) in [5.74, 6) is -0.0920. The molecule has 5 rings (SSSR count). The number of hydrogen-bond acceptors (Lipinski definition) is 5. The number of pyridine rings is 1. The van der Waals surface area contributed by atoms with Crippen molar-refractivity contribution in [1.82, 2.24) is 20.5 Å². The maximum absolute atomic E-state index is 12.8. The summed E-state index contributed by atoms with van der Waals surface area (Å²) >= 11 is 0. The van der Waals surface area contributed by atoms with Crippen LogP contribution in [-0.4, -0.2) is 59.4 Å². The number of anilines is 1. The summed E-state index contributed by atoms with van der Waals surface area (Å²) in [7, 11) is 0. The van der Waals surface area contributed by atoms with Crippen LogP contribution in [0.5, 0.6) is 0 Å². The molecule has 3 heterocycles. The minimum absolute atomic E-state index is 0.0419. The molecule has 2 N–H and O–H groups in total. The van der Waals surface area contributed by atoms with E-state index in [2.05, 4.69) is 32.7 Å². The van der Waals surface area contributed by atoms with Crippen molar-refractivity contribution in [2.45, 2.75) is 31.2 Å². The molecule has 156 valence electrons. The number of carbonyl (C=O) groups is 3. The number of benzene rings is 1. The second-order valence-corrected chi connectivity index (χ2v) is 8.41. The summed E-state index contributed by atoms with van der Waals surface area (Å²) in [5.41, 5.74) is 1.15. The van der Waals surface area contributed by atoms with E-state index < -0.39 is 11.6 Å². The van der Waals surface area contributed by atoms with Gasteiger partial charge in [0.2, 0.25) is 5.91 Å². The molecule has 8 nitrogen and oxygen atoms in total. The highest BCUT2D eigenvalue weighted by Gasteiger charge is 2.55. The normalized spacial score (nSPS) is 24.1. The molecule has 1 aliphatic carbocycles. The van der Waals surface area contributed by atoms with E-state index in [9.17, 15) is 14.4 Å².